The van der Waals surface area contributed by atoms with Gasteiger partial charge in [0.05, 0.1) is 14.2 Å². The fourth-order valence-electron chi connectivity index (χ4n) is 2.16. The number of ether oxygens (including phenoxy) is 2. The SMILES string of the molecule is COc1ccc(C(=O)NCCn2c(C)cnc2C)c(OC)n1. The Hall–Kier alpha value is -2.57. The van der Waals surface area contributed by atoms with Crippen LogP contribution in [0.1, 0.15) is 21.9 Å². The predicted octanol–water partition coefficient (Wildman–Crippen LogP) is 1.34. The molecule has 0 fully saturated rings. The normalized spacial score (nSPS) is 10.4. The summed E-state index contributed by atoms with van der Waals surface area (Å²) in [6, 6.07) is 3.26. The summed E-state index contributed by atoms with van der Waals surface area (Å²) < 4.78 is 12.2. The van der Waals surface area contributed by atoms with E-state index in [1.807, 2.05) is 24.6 Å². The number of carbonyl (C=O) groups is 1. The number of imidazole rings is 1. The molecule has 2 heterocycles. The van der Waals surface area contributed by atoms with Crippen LogP contribution in [0.2, 0.25) is 0 Å². The number of hydrogen-bond acceptors (Lipinski definition) is 5. The van der Waals surface area contributed by atoms with Gasteiger partial charge in [-0.2, -0.15) is 4.98 Å². The summed E-state index contributed by atoms with van der Waals surface area (Å²) in [4.78, 5) is 20.5. The minimum absolute atomic E-state index is 0.234. The molecule has 0 bridgehead atoms. The molecule has 1 N–H and O–H groups in total. The summed E-state index contributed by atoms with van der Waals surface area (Å²) in [6.45, 7) is 5.07. The molecule has 0 aliphatic rings. The van der Waals surface area contributed by atoms with Gasteiger partial charge in [-0.15, -0.1) is 0 Å². The second kappa shape index (κ2) is 6.93. The highest BCUT2D eigenvalue weighted by molar-refractivity contribution is 5.96. The second-order valence-corrected chi connectivity index (χ2v) is 4.76. The average molecular weight is 304 g/mol. The first-order chi connectivity index (χ1) is 10.6. The lowest BCUT2D eigenvalue weighted by Gasteiger charge is -2.11. The van der Waals surface area contributed by atoms with Crippen LogP contribution in [0.4, 0.5) is 0 Å². The summed E-state index contributed by atoms with van der Waals surface area (Å²) in [5, 5.41) is 2.86. The van der Waals surface area contributed by atoms with Crippen LogP contribution in [0.5, 0.6) is 11.8 Å². The lowest BCUT2D eigenvalue weighted by Crippen LogP contribution is -2.28. The largest absolute Gasteiger partial charge is 0.481 e. The Morgan fingerprint density at radius 1 is 1.27 bits per heavy atom. The number of pyridine rings is 1. The molecule has 7 heteroatoms. The Balaban J connectivity index is 2.01. The zero-order valence-corrected chi connectivity index (χ0v) is 13.2. The molecule has 0 atom stereocenters. The highest BCUT2D eigenvalue weighted by atomic mass is 16.5. The molecular weight excluding hydrogens is 284 g/mol. The van der Waals surface area contributed by atoms with E-state index in [4.69, 9.17) is 9.47 Å². The summed E-state index contributed by atoms with van der Waals surface area (Å²) in [6.07, 6.45) is 1.81. The van der Waals surface area contributed by atoms with Gasteiger partial charge in [-0.25, -0.2) is 4.98 Å². The molecule has 22 heavy (non-hydrogen) atoms. The topological polar surface area (TPSA) is 78.3 Å². The van der Waals surface area contributed by atoms with Gasteiger partial charge in [0.25, 0.3) is 5.91 Å². The quantitative estimate of drug-likeness (QED) is 0.871. The third-order valence-electron chi connectivity index (χ3n) is 3.36. The molecule has 0 aliphatic carbocycles. The fourth-order valence-corrected chi connectivity index (χ4v) is 2.16. The first-order valence-electron chi connectivity index (χ1n) is 6.92. The number of methoxy groups -OCH3 is 2. The number of rotatable bonds is 6. The minimum Gasteiger partial charge on any atom is -0.481 e. The van der Waals surface area contributed by atoms with Crippen molar-refractivity contribution in [2.45, 2.75) is 20.4 Å². The third-order valence-corrected chi connectivity index (χ3v) is 3.36. The van der Waals surface area contributed by atoms with Crippen molar-refractivity contribution in [3.05, 3.63) is 35.4 Å². The van der Waals surface area contributed by atoms with Crippen LogP contribution >= 0.6 is 0 Å². The third kappa shape index (κ3) is 3.36. The molecule has 0 spiro atoms. The molecule has 2 rings (SSSR count). The van der Waals surface area contributed by atoms with Gasteiger partial charge in [-0.3, -0.25) is 4.79 Å². The van der Waals surface area contributed by atoms with Gasteiger partial charge in [0.1, 0.15) is 11.4 Å². The fraction of sp³-hybridized carbons (Fsp3) is 0.400. The lowest BCUT2D eigenvalue weighted by molar-refractivity contribution is 0.0948. The summed E-state index contributed by atoms with van der Waals surface area (Å²) in [5.41, 5.74) is 1.44. The van der Waals surface area contributed by atoms with E-state index in [0.29, 0.717) is 24.5 Å². The van der Waals surface area contributed by atoms with Crippen LogP contribution in [0.15, 0.2) is 18.3 Å². The first-order valence-corrected chi connectivity index (χ1v) is 6.92. The number of carbonyl (C=O) groups excluding carboxylic acids is 1. The molecule has 0 aliphatic heterocycles. The van der Waals surface area contributed by atoms with Crippen molar-refractivity contribution in [3.8, 4) is 11.8 Å². The Morgan fingerprint density at radius 3 is 2.64 bits per heavy atom. The van der Waals surface area contributed by atoms with Crippen LogP contribution in [0.3, 0.4) is 0 Å². The maximum Gasteiger partial charge on any atom is 0.256 e. The predicted molar refractivity (Wildman–Crippen MR) is 81.4 cm³/mol. The van der Waals surface area contributed by atoms with Crippen LogP contribution < -0.4 is 14.8 Å². The minimum atomic E-state index is -0.234. The van der Waals surface area contributed by atoms with Crippen LogP contribution in [-0.2, 0) is 6.54 Å². The molecular formula is C15H20N4O3. The van der Waals surface area contributed by atoms with Crippen molar-refractivity contribution in [1.29, 1.82) is 0 Å². The highest BCUT2D eigenvalue weighted by Crippen LogP contribution is 2.19. The van der Waals surface area contributed by atoms with Crippen molar-refractivity contribution in [3.63, 3.8) is 0 Å². The van der Waals surface area contributed by atoms with Gasteiger partial charge in [0, 0.05) is 31.0 Å². The van der Waals surface area contributed by atoms with Gasteiger partial charge in [-0.1, -0.05) is 0 Å². The molecule has 2 aromatic heterocycles. The van der Waals surface area contributed by atoms with Gasteiger partial charge in [-0.05, 0) is 19.9 Å². The monoisotopic (exact) mass is 304 g/mol. The zero-order valence-electron chi connectivity index (χ0n) is 13.2. The van der Waals surface area contributed by atoms with Crippen molar-refractivity contribution in [1.82, 2.24) is 19.9 Å². The summed E-state index contributed by atoms with van der Waals surface area (Å²) in [5.74, 6) is 1.34. The number of nitrogens with zero attached hydrogens (tertiary/aromatic N) is 3. The number of hydrogen-bond donors (Lipinski definition) is 1. The molecule has 118 valence electrons. The zero-order chi connectivity index (χ0) is 16.1. The number of aromatic nitrogens is 3. The van der Waals surface area contributed by atoms with E-state index < -0.39 is 0 Å². The van der Waals surface area contributed by atoms with Crippen LogP contribution in [0, 0.1) is 13.8 Å². The number of amides is 1. The van der Waals surface area contributed by atoms with Gasteiger partial charge >= 0.3 is 0 Å². The van der Waals surface area contributed by atoms with E-state index >= 15 is 0 Å². The highest BCUT2D eigenvalue weighted by Gasteiger charge is 2.14. The molecule has 0 radical (unpaired) electrons. The van der Waals surface area contributed by atoms with Crippen LogP contribution in [-0.4, -0.2) is 41.2 Å². The Labute approximate surface area is 129 Å². The van der Waals surface area contributed by atoms with Crippen molar-refractivity contribution >= 4 is 5.91 Å². The van der Waals surface area contributed by atoms with E-state index in [1.165, 1.54) is 14.2 Å². The molecule has 0 saturated carbocycles. The Bertz CT molecular complexity index is 647. The average Bonchev–Trinajstić information content (AvgIpc) is 2.85. The molecule has 0 aromatic carbocycles. The van der Waals surface area contributed by atoms with Gasteiger partial charge < -0.3 is 19.4 Å². The molecule has 1 amide bonds. The maximum absolute atomic E-state index is 12.2. The summed E-state index contributed by atoms with van der Waals surface area (Å²) in [7, 11) is 2.98. The number of aryl methyl sites for hydroxylation is 2. The molecule has 0 saturated heterocycles. The standard InChI is InChI=1S/C15H20N4O3/c1-10-9-17-11(2)19(10)8-7-16-14(20)12-5-6-13(21-3)18-15(12)22-4/h5-6,9H,7-8H2,1-4H3,(H,16,20). The van der Waals surface area contributed by atoms with E-state index in [9.17, 15) is 4.79 Å². The molecule has 2 aromatic rings. The Kier molecular flexibility index (Phi) is 4.98. The van der Waals surface area contributed by atoms with Crippen molar-refractivity contribution < 1.29 is 14.3 Å². The van der Waals surface area contributed by atoms with E-state index in [1.54, 1.807) is 12.1 Å². The van der Waals surface area contributed by atoms with Crippen molar-refractivity contribution in [2.24, 2.45) is 0 Å². The van der Waals surface area contributed by atoms with Gasteiger partial charge in [0.15, 0.2) is 0 Å². The van der Waals surface area contributed by atoms with E-state index in [-0.39, 0.29) is 11.8 Å². The van der Waals surface area contributed by atoms with E-state index in [0.717, 1.165) is 11.5 Å². The lowest BCUT2D eigenvalue weighted by atomic mass is 10.2. The second-order valence-electron chi connectivity index (χ2n) is 4.76. The van der Waals surface area contributed by atoms with E-state index in [2.05, 4.69) is 15.3 Å². The number of nitrogens with one attached hydrogen (secondary N) is 1. The first kappa shape index (κ1) is 15.8. The Morgan fingerprint density at radius 2 is 2.05 bits per heavy atom. The smallest absolute Gasteiger partial charge is 0.256 e. The summed E-state index contributed by atoms with van der Waals surface area (Å²) >= 11 is 0. The van der Waals surface area contributed by atoms with Crippen molar-refractivity contribution in [2.75, 3.05) is 20.8 Å². The van der Waals surface area contributed by atoms with Gasteiger partial charge in [0.2, 0.25) is 11.8 Å². The molecule has 7 nitrogen and oxygen atoms in total. The molecule has 0 unspecified atom stereocenters. The maximum atomic E-state index is 12.2. The van der Waals surface area contributed by atoms with Crippen LogP contribution in [0.25, 0.3) is 0 Å².